The molecule has 1 aliphatic rings. The molecule has 1 amide bonds. The van der Waals surface area contributed by atoms with E-state index in [4.69, 9.17) is 5.84 Å². The van der Waals surface area contributed by atoms with Gasteiger partial charge in [-0.3, -0.25) is 15.1 Å². The SMILES string of the molecule is CC1CCC(C)N(Cc2ccc(C(=O)NN)cc2)C1. The van der Waals surface area contributed by atoms with Crippen LogP contribution in [0.4, 0.5) is 0 Å². The number of nitrogens with zero attached hydrogens (tertiary/aromatic N) is 1. The van der Waals surface area contributed by atoms with E-state index in [1.807, 2.05) is 24.3 Å². The Kier molecular flexibility index (Phi) is 4.56. The van der Waals surface area contributed by atoms with Crippen molar-refractivity contribution in [1.82, 2.24) is 10.3 Å². The smallest absolute Gasteiger partial charge is 0.265 e. The van der Waals surface area contributed by atoms with Crippen LogP contribution >= 0.6 is 0 Å². The van der Waals surface area contributed by atoms with Gasteiger partial charge in [-0.05, 0) is 43.4 Å². The Labute approximate surface area is 114 Å². The molecule has 2 unspecified atom stereocenters. The largest absolute Gasteiger partial charge is 0.296 e. The van der Waals surface area contributed by atoms with Gasteiger partial charge in [-0.1, -0.05) is 19.1 Å². The Morgan fingerprint density at radius 1 is 1.32 bits per heavy atom. The molecule has 2 atom stereocenters. The van der Waals surface area contributed by atoms with Crippen LogP contribution in [0.5, 0.6) is 0 Å². The van der Waals surface area contributed by atoms with Crippen LogP contribution in [0.2, 0.25) is 0 Å². The predicted octanol–water partition coefficient (Wildman–Crippen LogP) is 1.91. The van der Waals surface area contributed by atoms with Crippen LogP contribution in [0.15, 0.2) is 24.3 Å². The minimum atomic E-state index is -0.244. The van der Waals surface area contributed by atoms with Gasteiger partial charge in [0.15, 0.2) is 0 Å². The number of nitrogen functional groups attached to an aromatic ring is 1. The number of hydrazine groups is 1. The first-order chi connectivity index (χ1) is 9.10. The summed E-state index contributed by atoms with van der Waals surface area (Å²) in [4.78, 5) is 13.9. The third-order valence-electron chi connectivity index (χ3n) is 3.98. The molecule has 19 heavy (non-hydrogen) atoms. The molecule has 4 heteroatoms. The van der Waals surface area contributed by atoms with E-state index in [2.05, 4.69) is 24.2 Å². The second-order valence-corrected chi connectivity index (χ2v) is 5.63. The standard InChI is InChI=1S/C15H23N3O/c1-11-3-4-12(2)18(9-11)10-13-5-7-14(8-6-13)15(19)17-16/h5-8,11-12H,3-4,9-10,16H2,1-2H3,(H,17,19). The van der Waals surface area contributed by atoms with Crippen LogP contribution in [-0.4, -0.2) is 23.4 Å². The fourth-order valence-corrected chi connectivity index (χ4v) is 2.68. The van der Waals surface area contributed by atoms with Crippen LogP contribution in [0.3, 0.4) is 0 Å². The molecule has 1 aromatic carbocycles. The van der Waals surface area contributed by atoms with E-state index in [0.717, 1.165) is 19.0 Å². The number of hydrogen-bond acceptors (Lipinski definition) is 3. The summed E-state index contributed by atoms with van der Waals surface area (Å²) in [5, 5.41) is 0. The molecular weight excluding hydrogens is 238 g/mol. The molecule has 1 fully saturated rings. The molecule has 0 radical (unpaired) electrons. The minimum Gasteiger partial charge on any atom is -0.296 e. The molecular formula is C15H23N3O. The van der Waals surface area contributed by atoms with E-state index in [-0.39, 0.29) is 5.91 Å². The van der Waals surface area contributed by atoms with E-state index in [1.54, 1.807) is 0 Å². The molecule has 1 aliphatic heterocycles. The Bertz CT molecular complexity index is 430. The van der Waals surface area contributed by atoms with E-state index in [9.17, 15) is 4.79 Å². The van der Waals surface area contributed by atoms with Crippen molar-refractivity contribution in [2.75, 3.05) is 6.54 Å². The topological polar surface area (TPSA) is 58.4 Å². The Balaban J connectivity index is 2.00. The first-order valence-electron chi connectivity index (χ1n) is 6.94. The maximum absolute atomic E-state index is 11.4. The minimum absolute atomic E-state index is 0.244. The molecule has 104 valence electrons. The monoisotopic (exact) mass is 261 g/mol. The van der Waals surface area contributed by atoms with E-state index in [0.29, 0.717) is 11.6 Å². The molecule has 2 rings (SSSR count). The number of carbonyl (C=O) groups is 1. The van der Waals surface area contributed by atoms with Crippen LogP contribution in [-0.2, 0) is 6.54 Å². The average molecular weight is 261 g/mol. The lowest BCUT2D eigenvalue weighted by Gasteiger charge is -2.36. The summed E-state index contributed by atoms with van der Waals surface area (Å²) in [6, 6.07) is 8.32. The number of nitrogens with one attached hydrogen (secondary N) is 1. The molecule has 0 aliphatic carbocycles. The van der Waals surface area contributed by atoms with Crippen LogP contribution in [0.25, 0.3) is 0 Å². The molecule has 3 N–H and O–H groups in total. The highest BCUT2D eigenvalue weighted by molar-refractivity contribution is 5.93. The quantitative estimate of drug-likeness (QED) is 0.496. The van der Waals surface area contributed by atoms with Gasteiger partial charge in [0.05, 0.1) is 0 Å². The van der Waals surface area contributed by atoms with E-state index >= 15 is 0 Å². The lowest BCUT2D eigenvalue weighted by molar-refractivity contribution is 0.0953. The van der Waals surface area contributed by atoms with Crippen molar-refractivity contribution in [3.05, 3.63) is 35.4 Å². The van der Waals surface area contributed by atoms with Gasteiger partial charge in [0.1, 0.15) is 0 Å². The van der Waals surface area contributed by atoms with Gasteiger partial charge in [-0.25, -0.2) is 5.84 Å². The summed E-state index contributed by atoms with van der Waals surface area (Å²) in [6.07, 6.45) is 2.60. The number of likely N-dealkylation sites (tertiary alicyclic amines) is 1. The van der Waals surface area contributed by atoms with Gasteiger partial charge in [0.2, 0.25) is 0 Å². The van der Waals surface area contributed by atoms with Crippen molar-refractivity contribution in [2.24, 2.45) is 11.8 Å². The Morgan fingerprint density at radius 3 is 2.63 bits per heavy atom. The van der Waals surface area contributed by atoms with Crippen LogP contribution < -0.4 is 11.3 Å². The fraction of sp³-hybridized carbons (Fsp3) is 0.533. The second kappa shape index (κ2) is 6.17. The van der Waals surface area contributed by atoms with Gasteiger partial charge < -0.3 is 0 Å². The van der Waals surface area contributed by atoms with Crippen molar-refractivity contribution in [3.63, 3.8) is 0 Å². The number of nitrogens with two attached hydrogens (primary N) is 1. The summed E-state index contributed by atoms with van der Waals surface area (Å²) >= 11 is 0. The van der Waals surface area contributed by atoms with Crippen LogP contribution in [0.1, 0.15) is 42.6 Å². The van der Waals surface area contributed by atoms with Crippen molar-refractivity contribution < 1.29 is 4.79 Å². The van der Waals surface area contributed by atoms with Gasteiger partial charge >= 0.3 is 0 Å². The molecule has 1 heterocycles. The van der Waals surface area contributed by atoms with Gasteiger partial charge in [0.25, 0.3) is 5.91 Å². The van der Waals surface area contributed by atoms with E-state index < -0.39 is 0 Å². The normalized spacial score (nSPS) is 24.2. The zero-order chi connectivity index (χ0) is 13.8. The Hall–Kier alpha value is -1.39. The number of rotatable bonds is 3. The van der Waals surface area contributed by atoms with Crippen molar-refractivity contribution in [2.45, 2.75) is 39.3 Å². The number of hydrogen-bond donors (Lipinski definition) is 2. The average Bonchev–Trinajstić information content (AvgIpc) is 2.43. The van der Waals surface area contributed by atoms with Gasteiger partial charge in [0, 0.05) is 24.7 Å². The molecule has 1 aromatic rings. The summed E-state index contributed by atoms with van der Waals surface area (Å²) in [5.74, 6) is 5.65. The number of carbonyl (C=O) groups excluding carboxylic acids is 1. The lowest BCUT2D eigenvalue weighted by Crippen LogP contribution is -2.40. The van der Waals surface area contributed by atoms with Gasteiger partial charge in [-0.2, -0.15) is 0 Å². The summed E-state index contributed by atoms with van der Waals surface area (Å²) in [6.45, 7) is 6.72. The first-order valence-corrected chi connectivity index (χ1v) is 6.94. The lowest BCUT2D eigenvalue weighted by atomic mass is 9.94. The molecule has 0 aromatic heterocycles. The zero-order valence-electron chi connectivity index (χ0n) is 11.7. The summed E-state index contributed by atoms with van der Waals surface area (Å²) < 4.78 is 0. The molecule has 0 bridgehead atoms. The van der Waals surface area contributed by atoms with Crippen molar-refractivity contribution in [3.8, 4) is 0 Å². The number of amides is 1. The Morgan fingerprint density at radius 2 is 2.00 bits per heavy atom. The number of benzene rings is 1. The molecule has 4 nitrogen and oxygen atoms in total. The van der Waals surface area contributed by atoms with Crippen LogP contribution in [0, 0.1) is 5.92 Å². The zero-order valence-corrected chi connectivity index (χ0v) is 11.7. The third kappa shape index (κ3) is 3.55. The summed E-state index contributed by atoms with van der Waals surface area (Å²) in [5.41, 5.74) is 3.99. The maximum atomic E-state index is 11.4. The molecule has 0 spiro atoms. The highest BCUT2D eigenvalue weighted by Crippen LogP contribution is 2.23. The third-order valence-corrected chi connectivity index (χ3v) is 3.98. The first kappa shape index (κ1) is 14.0. The van der Waals surface area contributed by atoms with E-state index in [1.165, 1.54) is 18.4 Å². The fourth-order valence-electron chi connectivity index (χ4n) is 2.68. The van der Waals surface area contributed by atoms with Gasteiger partial charge in [-0.15, -0.1) is 0 Å². The highest BCUT2D eigenvalue weighted by atomic mass is 16.2. The van der Waals surface area contributed by atoms with Crippen molar-refractivity contribution in [1.29, 1.82) is 0 Å². The molecule has 0 saturated carbocycles. The predicted molar refractivity (Wildman–Crippen MR) is 76.4 cm³/mol. The maximum Gasteiger partial charge on any atom is 0.265 e. The summed E-state index contributed by atoms with van der Waals surface area (Å²) in [7, 11) is 0. The van der Waals surface area contributed by atoms with Crippen molar-refractivity contribution >= 4 is 5.91 Å². The highest BCUT2D eigenvalue weighted by Gasteiger charge is 2.22. The molecule has 1 saturated heterocycles. The second-order valence-electron chi connectivity index (χ2n) is 5.63. The number of piperidine rings is 1.